The lowest BCUT2D eigenvalue weighted by Gasteiger charge is -2.39. The number of nitrogens with one attached hydrogen (secondary N) is 1. The van der Waals surface area contributed by atoms with Gasteiger partial charge >= 0.3 is 0 Å². The quantitative estimate of drug-likeness (QED) is 0.873. The van der Waals surface area contributed by atoms with Crippen molar-refractivity contribution in [2.75, 3.05) is 26.7 Å². The lowest BCUT2D eigenvalue weighted by atomic mass is 10.0. The minimum absolute atomic E-state index is 0.0433. The molecule has 2 aromatic heterocycles. The van der Waals surface area contributed by atoms with Crippen molar-refractivity contribution in [3.05, 3.63) is 35.8 Å². The van der Waals surface area contributed by atoms with Crippen LogP contribution in [0.15, 0.2) is 23.1 Å². The van der Waals surface area contributed by atoms with Crippen LogP contribution in [0.1, 0.15) is 46.7 Å². The van der Waals surface area contributed by atoms with Crippen molar-refractivity contribution in [2.45, 2.75) is 30.9 Å². The van der Waals surface area contributed by atoms with Gasteiger partial charge in [0.15, 0.2) is 12.1 Å². The van der Waals surface area contributed by atoms with Crippen LogP contribution in [-0.4, -0.2) is 58.4 Å². The van der Waals surface area contributed by atoms with Gasteiger partial charge in [0.2, 0.25) is 0 Å². The van der Waals surface area contributed by atoms with Crippen LogP contribution >= 0.6 is 0 Å². The van der Waals surface area contributed by atoms with E-state index in [0.717, 1.165) is 25.1 Å². The Kier molecular flexibility index (Phi) is 4.30. The molecule has 8 heteroatoms. The predicted molar refractivity (Wildman–Crippen MR) is 89.1 cm³/mol. The van der Waals surface area contributed by atoms with Crippen molar-refractivity contribution in [2.24, 2.45) is 7.05 Å². The second-order valence-electron chi connectivity index (χ2n) is 6.76. The highest BCUT2D eigenvalue weighted by Gasteiger charge is 2.35. The summed E-state index contributed by atoms with van der Waals surface area (Å²) in [6, 6.07) is 2.04. The van der Waals surface area contributed by atoms with E-state index in [9.17, 15) is 4.79 Å². The average molecular weight is 345 g/mol. The molecule has 2 atom stereocenters. The summed E-state index contributed by atoms with van der Waals surface area (Å²) in [6.45, 7) is 1.90. The summed E-state index contributed by atoms with van der Waals surface area (Å²) in [5, 5.41) is 7.23. The van der Waals surface area contributed by atoms with E-state index in [0.29, 0.717) is 30.5 Å². The third-order valence-electron chi connectivity index (χ3n) is 4.99. The first kappa shape index (κ1) is 16.3. The van der Waals surface area contributed by atoms with E-state index >= 15 is 0 Å². The summed E-state index contributed by atoms with van der Waals surface area (Å²) < 4.78 is 13.2. The van der Waals surface area contributed by atoms with E-state index in [4.69, 9.17) is 9.15 Å². The fourth-order valence-electron chi connectivity index (χ4n) is 3.46. The smallest absolute Gasteiger partial charge is 0.273 e. The van der Waals surface area contributed by atoms with Gasteiger partial charge in [0.05, 0.1) is 24.4 Å². The average Bonchev–Trinajstić information content (AvgIpc) is 3.17. The Morgan fingerprint density at radius 1 is 1.40 bits per heavy atom. The second kappa shape index (κ2) is 6.61. The van der Waals surface area contributed by atoms with Gasteiger partial charge in [0.25, 0.3) is 5.91 Å². The Hall–Kier alpha value is -2.19. The van der Waals surface area contributed by atoms with Gasteiger partial charge in [-0.15, -0.1) is 0 Å². The molecular weight excluding hydrogens is 322 g/mol. The first-order chi connectivity index (χ1) is 12.1. The maximum atomic E-state index is 12.5. The fourth-order valence-corrected chi connectivity index (χ4v) is 3.46. The number of oxazole rings is 1. The summed E-state index contributed by atoms with van der Waals surface area (Å²) in [4.78, 5) is 18.9. The van der Waals surface area contributed by atoms with Gasteiger partial charge in [-0.2, -0.15) is 5.10 Å². The van der Waals surface area contributed by atoms with Crippen LogP contribution in [0.2, 0.25) is 0 Å². The predicted octanol–water partition coefficient (Wildman–Crippen LogP) is 1.09. The molecule has 3 heterocycles. The second-order valence-corrected chi connectivity index (χ2v) is 6.76. The molecule has 4 rings (SSSR count). The number of rotatable bonds is 5. The standard InChI is InChI=1S/C17H23N5O3/c1-21-7-8-24-13(15(21)12-5-6-20-22(12)2)9-18-17(23)14-16(11-3-4-11)25-10-19-14/h5-6,10-11,13,15H,3-4,7-9H2,1-2H3,(H,18,23)/t13-,15-/m0/s1. The highest BCUT2D eigenvalue weighted by molar-refractivity contribution is 5.93. The molecule has 0 unspecified atom stereocenters. The third-order valence-corrected chi connectivity index (χ3v) is 4.99. The van der Waals surface area contributed by atoms with Crippen LogP contribution in [-0.2, 0) is 11.8 Å². The normalized spacial score (nSPS) is 24.4. The zero-order valence-corrected chi connectivity index (χ0v) is 14.5. The van der Waals surface area contributed by atoms with Crippen molar-refractivity contribution >= 4 is 5.91 Å². The minimum Gasteiger partial charge on any atom is -0.447 e. The van der Waals surface area contributed by atoms with E-state index in [1.165, 1.54) is 6.39 Å². The van der Waals surface area contributed by atoms with E-state index in [-0.39, 0.29) is 18.1 Å². The van der Waals surface area contributed by atoms with Crippen LogP contribution in [0.25, 0.3) is 0 Å². The van der Waals surface area contributed by atoms with Gasteiger partial charge in [0.1, 0.15) is 5.76 Å². The van der Waals surface area contributed by atoms with Gasteiger partial charge in [-0.1, -0.05) is 0 Å². The summed E-state index contributed by atoms with van der Waals surface area (Å²) >= 11 is 0. The van der Waals surface area contributed by atoms with Gasteiger partial charge in [-0.25, -0.2) is 4.98 Å². The highest BCUT2D eigenvalue weighted by atomic mass is 16.5. The highest BCUT2D eigenvalue weighted by Crippen LogP contribution is 2.41. The lowest BCUT2D eigenvalue weighted by molar-refractivity contribution is -0.0629. The van der Waals surface area contributed by atoms with Crippen LogP contribution in [0.4, 0.5) is 0 Å². The molecule has 0 bridgehead atoms. The third kappa shape index (κ3) is 3.19. The molecule has 1 saturated carbocycles. The molecule has 2 aliphatic rings. The molecule has 1 saturated heterocycles. The molecule has 0 radical (unpaired) electrons. The van der Waals surface area contributed by atoms with Gasteiger partial charge in [-0.3, -0.25) is 14.4 Å². The molecule has 1 aliphatic heterocycles. The number of nitrogens with zero attached hydrogens (tertiary/aromatic N) is 4. The summed E-state index contributed by atoms with van der Waals surface area (Å²) in [5.41, 5.74) is 1.48. The Balaban J connectivity index is 1.46. The van der Waals surface area contributed by atoms with Crippen LogP contribution in [0, 0.1) is 0 Å². The Labute approximate surface area is 146 Å². The number of hydrogen-bond acceptors (Lipinski definition) is 6. The number of morpholine rings is 1. The molecular formula is C17H23N5O3. The lowest BCUT2D eigenvalue weighted by Crippen LogP contribution is -2.49. The largest absolute Gasteiger partial charge is 0.447 e. The maximum Gasteiger partial charge on any atom is 0.273 e. The molecule has 134 valence electrons. The van der Waals surface area contributed by atoms with E-state index in [1.807, 2.05) is 17.8 Å². The van der Waals surface area contributed by atoms with E-state index in [2.05, 4.69) is 27.3 Å². The molecule has 1 amide bonds. The number of hydrogen-bond donors (Lipinski definition) is 1. The molecule has 25 heavy (non-hydrogen) atoms. The van der Waals surface area contributed by atoms with Gasteiger partial charge in [-0.05, 0) is 26.0 Å². The van der Waals surface area contributed by atoms with Crippen LogP contribution in [0.5, 0.6) is 0 Å². The van der Waals surface area contributed by atoms with Gasteiger partial charge < -0.3 is 14.5 Å². The molecule has 2 aromatic rings. The molecule has 1 aliphatic carbocycles. The molecule has 8 nitrogen and oxygen atoms in total. The number of aryl methyl sites for hydroxylation is 1. The topological polar surface area (TPSA) is 85.4 Å². The SMILES string of the molecule is CN1CCO[C@@H](CNC(=O)c2ncoc2C2CC2)[C@@H]1c1ccnn1C. The number of carbonyl (C=O) groups is 1. The Morgan fingerprint density at radius 2 is 2.24 bits per heavy atom. The minimum atomic E-state index is -0.198. The maximum absolute atomic E-state index is 12.5. The van der Waals surface area contributed by atoms with E-state index in [1.54, 1.807) is 6.20 Å². The van der Waals surface area contributed by atoms with Crippen molar-refractivity contribution in [1.82, 2.24) is 25.0 Å². The van der Waals surface area contributed by atoms with Crippen LogP contribution in [0.3, 0.4) is 0 Å². The zero-order valence-electron chi connectivity index (χ0n) is 14.5. The number of amides is 1. The monoisotopic (exact) mass is 345 g/mol. The number of ether oxygens (including phenoxy) is 1. The van der Waals surface area contributed by atoms with Crippen molar-refractivity contribution < 1.29 is 13.9 Å². The van der Waals surface area contributed by atoms with Crippen LogP contribution < -0.4 is 5.32 Å². The molecule has 2 fully saturated rings. The number of aromatic nitrogens is 3. The number of likely N-dealkylation sites (N-methyl/N-ethyl adjacent to an activating group) is 1. The summed E-state index contributed by atoms with van der Waals surface area (Å²) in [6.07, 6.45) is 5.12. The Bertz CT molecular complexity index is 751. The fraction of sp³-hybridized carbons (Fsp3) is 0.588. The summed E-state index contributed by atoms with van der Waals surface area (Å²) in [5.74, 6) is 0.862. The molecule has 1 N–H and O–H groups in total. The van der Waals surface area contributed by atoms with Gasteiger partial charge in [0, 0.05) is 32.3 Å². The summed E-state index contributed by atoms with van der Waals surface area (Å²) in [7, 11) is 3.99. The molecule has 0 spiro atoms. The Morgan fingerprint density at radius 3 is 2.96 bits per heavy atom. The van der Waals surface area contributed by atoms with Crippen molar-refractivity contribution in [3.8, 4) is 0 Å². The zero-order chi connectivity index (χ0) is 17.4. The molecule has 0 aromatic carbocycles. The number of carbonyl (C=O) groups excluding carboxylic acids is 1. The van der Waals surface area contributed by atoms with Crippen molar-refractivity contribution in [3.63, 3.8) is 0 Å². The first-order valence-corrected chi connectivity index (χ1v) is 8.66. The van der Waals surface area contributed by atoms with Crippen molar-refractivity contribution in [1.29, 1.82) is 0 Å². The first-order valence-electron chi connectivity index (χ1n) is 8.66. The van der Waals surface area contributed by atoms with E-state index < -0.39 is 0 Å².